The molecule has 0 spiro atoms. The molecule has 0 bridgehead atoms. The lowest BCUT2D eigenvalue weighted by Crippen LogP contribution is -2.11. The number of esters is 1. The molecular weight excluding hydrogens is 257 g/mol. The molecule has 1 rings (SSSR count). The van der Waals surface area contributed by atoms with Gasteiger partial charge in [0.15, 0.2) is 0 Å². The molecule has 0 amide bonds. The molecule has 0 unspecified atom stereocenters. The minimum Gasteiger partial charge on any atom is -0.469 e. The fourth-order valence-corrected chi connectivity index (χ4v) is 1.31. The third-order valence-electron chi connectivity index (χ3n) is 2.05. The molecule has 0 aliphatic rings. The molecule has 0 aliphatic carbocycles. The molecule has 0 saturated carbocycles. The van der Waals surface area contributed by atoms with Crippen LogP contribution < -0.4 is 0 Å². The van der Waals surface area contributed by atoms with Crippen molar-refractivity contribution in [1.29, 1.82) is 0 Å². The van der Waals surface area contributed by atoms with Gasteiger partial charge in [0.05, 0.1) is 13.5 Å². The first kappa shape index (κ1) is 13.9. The van der Waals surface area contributed by atoms with Crippen LogP contribution in [0.4, 0.5) is 19.0 Å². The van der Waals surface area contributed by atoms with E-state index >= 15 is 0 Å². The first-order valence-corrected chi connectivity index (χ1v) is 4.55. The van der Waals surface area contributed by atoms with Crippen LogP contribution in [0.25, 0.3) is 0 Å². The molecule has 0 saturated heterocycles. The molecule has 0 N–H and O–H groups in total. The van der Waals surface area contributed by atoms with Crippen LogP contribution in [-0.4, -0.2) is 23.0 Å². The normalized spacial score (nSPS) is 10.5. The molecule has 1 aromatic heterocycles. The Hall–Kier alpha value is -2.19. The molecule has 98 valence electrons. The van der Waals surface area contributed by atoms with Gasteiger partial charge >= 0.3 is 17.7 Å². The van der Waals surface area contributed by atoms with Crippen LogP contribution in [0.5, 0.6) is 0 Å². The molecule has 0 aliphatic heterocycles. The van der Waals surface area contributed by atoms with E-state index in [0.717, 1.165) is 7.11 Å². The number of hydrogen-bond acceptors (Lipinski definition) is 5. The molecule has 0 atom stereocenters. The summed E-state index contributed by atoms with van der Waals surface area (Å²) in [6, 6.07) is 0.547. The lowest BCUT2D eigenvalue weighted by atomic mass is 10.1. The highest BCUT2D eigenvalue weighted by atomic mass is 19.3. The standard InChI is InChI=1S/C9H7F3N2O4/c1-18-6(15)3-4-2-5(10)13-9(14(16)17)7(4)8(11)12/h2,8H,3H2,1H3. The summed E-state index contributed by atoms with van der Waals surface area (Å²) < 4.78 is 42.6. The Morgan fingerprint density at radius 3 is 2.67 bits per heavy atom. The van der Waals surface area contributed by atoms with Crippen molar-refractivity contribution in [3.05, 3.63) is 33.3 Å². The van der Waals surface area contributed by atoms with Crippen molar-refractivity contribution in [3.8, 4) is 0 Å². The number of hydrogen-bond donors (Lipinski definition) is 0. The lowest BCUT2D eigenvalue weighted by Gasteiger charge is -2.07. The molecular formula is C9H7F3N2O4. The second kappa shape index (κ2) is 5.43. The summed E-state index contributed by atoms with van der Waals surface area (Å²) in [4.78, 5) is 23.0. The third-order valence-corrected chi connectivity index (χ3v) is 2.05. The van der Waals surface area contributed by atoms with Crippen LogP contribution in [0.1, 0.15) is 17.6 Å². The second-order valence-corrected chi connectivity index (χ2v) is 3.15. The van der Waals surface area contributed by atoms with Crippen molar-refractivity contribution < 1.29 is 27.6 Å². The van der Waals surface area contributed by atoms with Crippen LogP contribution in [0.15, 0.2) is 6.07 Å². The molecule has 1 heterocycles. The molecule has 18 heavy (non-hydrogen) atoms. The maximum Gasteiger partial charge on any atom is 0.376 e. The van der Waals surface area contributed by atoms with Gasteiger partial charge in [0, 0.05) is 6.07 Å². The van der Waals surface area contributed by atoms with Crippen molar-refractivity contribution in [2.75, 3.05) is 7.11 Å². The van der Waals surface area contributed by atoms with Crippen LogP contribution in [0.3, 0.4) is 0 Å². The topological polar surface area (TPSA) is 82.3 Å². The van der Waals surface area contributed by atoms with Crippen LogP contribution in [0, 0.1) is 16.1 Å². The predicted octanol–water partition coefficient (Wildman–Crippen LogP) is 1.78. The van der Waals surface area contributed by atoms with E-state index in [1.54, 1.807) is 0 Å². The van der Waals surface area contributed by atoms with E-state index in [-0.39, 0.29) is 0 Å². The van der Waals surface area contributed by atoms with Gasteiger partial charge < -0.3 is 14.9 Å². The minimum absolute atomic E-state index is 0.518. The van der Waals surface area contributed by atoms with Crippen LogP contribution in [0.2, 0.25) is 0 Å². The van der Waals surface area contributed by atoms with Gasteiger partial charge in [0.1, 0.15) is 5.56 Å². The number of carbonyl (C=O) groups is 1. The first-order valence-electron chi connectivity index (χ1n) is 4.55. The van der Waals surface area contributed by atoms with Crippen molar-refractivity contribution >= 4 is 11.8 Å². The third kappa shape index (κ3) is 2.93. The zero-order valence-electron chi connectivity index (χ0n) is 9.02. The van der Waals surface area contributed by atoms with Crippen molar-refractivity contribution in [1.82, 2.24) is 4.98 Å². The van der Waals surface area contributed by atoms with Gasteiger partial charge in [-0.2, -0.15) is 4.39 Å². The summed E-state index contributed by atoms with van der Waals surface area (Å²) in [6.45, 7) is 0. The molecule has 6 nitrogen and oxygen atoms in total. The number of methoxy groups -OCH3 is 1. The number of nitro groups is 1. The molecule has 0 radical (unpaired) electrons. The molecule has 1 aromatic rings. The number of nitrogens with zero attached hydrogens (tertiary/aromatic N) is 2. The van der Waals surface area contributed by atoms with Gasteiger partial charge in [-0.15, -0.1) is 0 Å². The lowest BCUT2D eigenvalue weighted by molar-refractivity contribution is -0.391. The highest BCUT2D eigenvalue weighted by Gasteiger charge is 2.30. The number of pyridine rings is 1. The van der Waals surface area contributed by atoms with Gasteiger partial charge in [-0.25, -0.2) is 8.78 Å². The van der Waals surface area contributed by atoms with Crippen molar-refractivity contribution in [2.24, 2.45) is 0 Å². The summed E-state index contributed by atoms with van der Waals surface area (Å²) in [6.07, 6.45) is -3.95. The Bertz CT molecular complexity index is 493. The average molecular weight is 264 g/mol. The zero-order valence-corrected chi connectivity index (χ0v) is 9.02. The van der Waals surface area contributed by atoms with E-state index in [9.17, 15) is 28.1 Å². The number of halogens is 3. The van der Waals surface area contributed by atoms with E-state index in [4.69, 9.17) is 0 Å². The number of carbonyl (C=O) groups excluding carboxylic acids is 1. The Kier molecular flexibility index (Phi) is 4.18. The van der Waals surface area contributed by atoms with Gasteiger partial charge in [0.2, 0.25) is 0 Å². The summed E-state index contributed by atoms with van der Waals surface area (Å²) in [7, 11) is 1.01. The van der Waals surface area contributed by atoms with Gasteiger partial charge in [0.25, 0.3) is 6.43 Å². The second-order valence-electron chi connectivity index (χ2n) is 3.15. The van der Waals surface area contributed by atoms with Crippen LogP contribution >= 0.6 is 0 Å². The minimum atomic E-state index is -3.25. The van der Waals surface area contributed by atoms with Crippen molar-refractivity contribution in [2.45, 2.75) is 12.8 Å². The maximum absolute atomic E-state index is 13.0. The van der Waals surface area contributed by atoms with Crippen molar-refractivity contribution in [3.63, 3.8) is 0 Å². The van der Waals surface area contributed by atoms with E-state index in [2.05, 4.69) is 9.72 Å². The molecule has 0 aromatic carbocycles. The largest absolute Gasteiger partial charge is 0.469 e. The number of rotatable bonds is 4. The van der Waals surface area contributed by atoms with Gasteiger partial charge in [-0.05, 0) is 15.5 Å². The highest BCUT2D eigenvalue weighted by molar-refractivity contribution is 5.73. The van der Waals surface area contributed by atoms with E-state index in [1.807, 2.05) is 0 Å². The number of aromatic nitrogens is 1. The van der Waals surface area contributed by atoms with Gasteiger partial charge in [-0.1, -0.05) is 0 Å². The number of alkyl halides is 2. The summed E-state index contributed by atoms with van der Waals surface area (Å²) in [5.41, 5.74) is -1.59. The zero-order chi connectivity index (χ0) is 13.9. The predicted molar refractivity (Wildman–Crippen MR) is 51.5 cm³/mol. The monoisotopic (exact) mass is 264 g/mol. The molecule has 0 fully saturated rings. The fourth-order valence-electron chi connectivity index (χ4n) is 1.31. The van der Waals surface area contributed by atoms with E-state index < -0.39 is 46.6 Å². The molecule has 9 heteroatoms. The number of ether oxygens (including phenoxy) is 1. The van der Waals surface area contributed by atoms with E-state index in [1.165, 1.54) is 0 Å². The quantitative estimate of drug-likeness (QED) is 0.358. The Morgan fingerprint density at radius 2 is 2.22 bits per heavy atom. The fraction of sp³-hybridized carbons (Fsp3) is 0.333. The highest BCUT2D eigenvalue weighted by Crippen LogP contribution is 2.31. The SMILES string of the molecule is COC(=O)Cc1cc(F)nc([N+](=O)[O-])c1C(F)F. The Balaban J connectivity index is 3.38. The summed E-state index contributed by atoms with van der Waals surface area (Å²) in [5.74, 6) is -3.54. The average Bonchev–Trinajstić information content (AvgIpc) is 2.27. The maximum atomic E-state index is 13.0. The Morgan fingerprint density at radius 1 is 1.61 bits per heavy atom. The Labute approximate surface area is 98.5 Å². The first-order chi connectivity index (χ1) is 8.36. The van der Waals surface area contributed by atoms with E-state index in [0.29, 0.717) is 6.07 Å². The summed E-state index contributed by atoms with van der Waals surface area (Å²) in [5, 5.41) is 10.5. The van der Waals surface area contributed by atoms with Crippen LogP contribution in [-0.2, 0) is 16.0 Å². The van der Waals surface area contributed by atoms with Gasteiger partial charge in [-0.3, -0.25) is 4.79 Å². The smallest absolute Gasteiger partial charge is 0.376 e. The summed E-state index contributed by atoms with van der Waals surface area (Å²) >= 11 is 0.